The minimum Gasteiger partial charge on any atom is -0.387 e. The second kappa shape index (κ2) is 8.01. The first-order chi connectivity index (χ1) is 9.79. The summed E-state index contributed by atoms with van der Waals surface area (Å²) in [6, 6.07) is 9.19. The number of hydrogen-bond donors (Lipinski definition) is 2. The Bertz CT molecular complexity index is 432. The van der Waals surface area contributed by atoms with Crippen LogP contribution in [0.4, 0.5) is 0 Å². The summed E-state index contributed by atoms with van der Waals surface area (Å²) in [5.74, 6) is 0. The molecule has 1 fully saturated rings. The largest absolute Gasteiger partial charge is 0.387 e. The monoisotopic (exact) mass is 273 g/mol. The molecule has 1 aliphatic heterocycles. The SMILES string of the molecule is N#Cc1ccc(C(O)CNCCCN2CCCC2)cc1. The predicted octanol–water partition coefficient (Wildman–Crippen LogP) is 1.67. The van der Waals surface area contributed by atoms with Gasteiger partial charge < -0.3 is 15.3 Å². The molecule has 0 aromatic heterocycles. The van der Waals surface area contributed by atoms with Gasteiger partial charge in [-0.25, -0.2) is 0 Å². The molecule has 1 aliphatic rings. The Hall–Kier alpha value is -1.41. The molecule has 0 saturated carbocycles. The minimum atomic E-state index is -0.505. The highest BCUT2D eigenvalue weighted by atomic mass is 16.3. The molecule has 108 valence electrons. The van der Waals surface area contributed by atoms with E-state index >= 15 is 0 Å². The molecular formula is C16H23N3O. The summed E-state index contributed by atoms with van der Waals surface area (Å²) >= 11 is 0. The van der Waals surface area contributed by atoms with Gasteiger partial charge in [0.1, 0.15) is 0 Å². The topological polar surface area (TPSA) is 59.3 Å². The molecule has 1 aromatic rings. The molecule has 1 aromatic carbocycles. The lowest BCUT2D eigenvalue weighted by Crippen LogP contribution is -2.27. The van der Waals surface area contributed by atoms with Gasteiger partial charge in [-0.05, 0) is 63.1 Å². The van der Waals surface area contributed by atoms with Crippen LogP contribution in [0.1, 0.15) is 36.5 Å². The highest BCUT2D eigenvalue weighted by molar-refractivity contribution is 5.32. The number of aliphatic hydroxyl groups excluding tert-OH is 1. The normalized spacial score (nSPS) is 17.0. The molecule has 20 heavy (non-hydrogen) atoms. The van der Waals surface area contributed by atoms with Gasteiger partial charge in [0.15, 0.2) is 0 Å². The molecule has 1 unspecified atom stereocenters. The van der Waals surface area contributed by atoms with Crippen molar-refractivity contribution in [3.05, 3.63) is 35.4 Å². The number of likely N-dealkylation sites (tertiary alicyclic amines) is 1. The van der Waals surface area contributed by atoms with Gasteiger partial charge in [0.2, 0.25) is 0 Å². The van der Waals surface area contributed by atoms with Crippen LogP contribution >= 0.6 is 0 Å². The second-order valence-corrected chi connectivity index (χ2v) is 5.36. The van der Waals surface area contributed by atoms with E-state index in [0.29, 0.717) is 12.1 Å². The average molecular weight is 273 g/mol. The van der Waals surface area contributed by atoms with Gasteiger partial charge >= 0.3 is 0 Å². The predicted molar refractivity (Wildman–Crippen MR) is 79.3 cm³/mol. The first-order valence-electron chi connectivity index (χ1n) is 7.41. The lowest BCUT2D eigenvalue weighted by molar-refractivity contribution is 0.174. The van der Waals surface area contributed by atoms with Crippen LogP contribution in [0.25, 0.3) is 0 Å². The standard InChI is InChI=1S/C16H23N3O/c17-12-14-4-6-15(7-5-14)16(20)13-18-8-3-11-19-9-1-2-10-19/h4-7,16,18,20H,1-3,8-11,13H2. The van der Waals surface area contributed by atoms with Gasteiger partial charge in [-0.1, -0.05) is 12.1 Å². The van der Waals surface area contributed by atoms with Gasteiger partial charge in [0.05, 0.1) is 17.7 Å². The first-order valence-corrected chi connectivity index (χ1v) is 7.41. The molecule has 4 heteroatoms. The Morgan fingerprint density at radius 2 is 1.95 bits per heavy atom. The second-order valence-electron chi connectivity index (χ2n) is 5.36. The van der Waals surface area contributed by atoms with Crippen molar-refractivity contribution in [3.8, 4) is 6.07 Å². The van der Waals surface area contributed by atoms with E-state index in [1.165, 1.54) is 25.9 Å². The Kier molecular flexibility index (Phi) is 6.00. The van der Waals surface area contributed by atoms with Crippen LogP contribution in [0.2, 0.25) is 0 Å². The smallest absolute Gasteiger partial charge is 0.0991 e. The number of nitriles is 1. The Morgan fingerprint density at radius 1 is 1.25 bits per heavy atom. The maximum atomic E-state index is 10.0. The van der Waals surface area contributed by atoms with Crippen LogP contribution in [0.5, 0.6) is 0 Å². The summed E-state index contributed by atoms with van der Waals surface area (Å²) in [4.78, 5) is 2.50. The van der Waals surface area contributed by atoms with Crippen LogP contribution in [-0.2, 0) is 0 Å². The number of nitrogens with one attached hydrogen (secondary N) is 1. The van der Waals surface area contributed by atoms with E-state index in [1.807, 2.05) is 12.1 Å². The van der Waals surface area contributed by atoms with Gasteiger partial charge in [-0.15, -0.1) is 0 Å². The molecule has 2 N–H and O–H groups in total. The quantitative estimate of drug-likeness (QED) is 0.742. The molecule has 1 atom stereocenters. The number of rotatable bonds is 7. The van der Waals surface area contributed by atoms with E-state index in [-0.39, 0.29) is 0 Å². The fourth-order valence-corrected chi connectivity index (χ4v) is 2.57. The molecular weight excluding hydrogens is 250 g/mol. The molecule has 0 spiro atoms. The van der Waals surface area contributed by atoms with E-state index in [4.69, 9.17) is 5.26 Å². The van der Waals surface area contributed by atoms with Crippen molar-refractivity contribution in [2.24, 2.45) is 0 Å². The van der Waals surface area contributed by atoms with Gasteiger partial charge in [0.25, 0.3) is 0 Å². The van der Waals surface area contributed by atoms with Gasteiger partial charge in [-0.3, -0.25) is 0 Å². The Labute approximate surface area is 121 Å². The van der Waals surface area contributed by atoms with Crippen LogP contribution in [-0.4, -0.2) is 42.7 Å². The minimum absolute atomic E-state index is 0.505. The van der Waals surface area contributed by atoms with Crippen molar-refractivity contribution in [1.29, 1.82) is 5.26 Å². The fourth-order valence-electron chi connectivity index (χ4n) is 2.57. The van der Waals surface area contributed by atoms with Crippen molar-refractivity contribution in [3.63, 3.8) is 0 Å². The lowest BCUT2D eigenvalue weighted by Gasteiger charge is -2.15. The lowest BCUT2D eigenvalue weighted by atomic mass is 10.1. The first kappa shape index (κ1) is 15.0. The summed E-state index contributed by atoms with van der Waals surface area (Å²) < 4.78 is 0. The van der Waals surface area contributed by atoms with Crippen LogP contribution in [0.15, 0.2) is 24.3 Å². The van der Waals surface area contributed by atoms with Crippen molar-refractivity contribution >= 4 is 0 Å². The van der Waals surface area contributed by atoms with E-state index in [0.717, 1.165) is 25.1 Å². The fraction of sp³-hybridized carbons (Fsp3) is 0.562. The third kappa shape index (κ3) is 4.61. The van der Waals surface area contributed by atoms with E-state index in [2.05, 4.69) is 16.3 Å². The molecule has 0 bridgehead atoms. The highest BCUT2D eigenvalue weighted by Gasteiger charge is 2.10. The molecule has 0 radical (unpaired) electrons. The molecule has 0 amide bonds. The zero-order valence-electron chi connectivity index (χ0n) is 11.9. The summed E-state index contributed by atoms with van der Waals surface area (Å²) in [6.45, 7) is 5.14. The number of benzene rings is 1. The van der Waals surface area contributed by atoms with Crippen LogP contribution < -0.4 is 5.32 Å². The number of nitrogens with zero attached hydrogens (tertiary/aromatic N) is 2. The third-order valence-corrected chi connectivity index (χ3v) is 3.79. The van der Waals surface area contributed by atoms with E-state index < -0.39 is 6.10 Å². The van der Waals surface area contributed by atoms with Crippen molar-refractivity contribution < 1.29 is 5.11 Å². The van der Waals surface area contributed by atoms with Crippen molar-refractivity contribution in [1.82, 2.24) is 10.2 Å². The van der Waals surface area contributed by atoms with E-state index in [9.17, 15) is 5.11 Å². The van der Waals surface area contributed by atoms with Gasteiger partial charge in [0, 0.05) is 6.54 Å². The molecule has 2 rings (SSSR count). The van der Waals surface area contributed by atoms with Crippen LogP contribution in [0.3, 0.4) is 0 Å². The average Bonchev–Trinajstić information content (AvgIpc) is 3.00. The number of hydrogen-bond acceptors (Lipinski definition) is 4. The summed E-state index contributed by atoms with van der Waals surface area (Å²) in [7, 11) is 0. The molecule has 1 saturated heterocycles. The third-order valence-electron chi connectivity index (χ3n) is 3.79. The zero-order chi connectivity index (χ0) is 14.2. The van der Waals surface area contributed by atoms with E-state index in [1.54, 1.807) is 12.1 Å². The highest BCUT2D eigenvalue weighted by Crippen LogP contribution is 2.12. The zero-order valence-corrected chi connectivity index (χ0v) is 11.9. The van der Waals surface area contributed by atoms with Gasteiger partial charge in [-0.2, -0.15) is 5.26 Å². The Morgan fingerprint density at radius 3 is 2.60 bits per heavy atom. The summed E-state index contributed by atoms with van der Waals surface area (Å²) in [6.07, 6.45) is 3.30. The molecule has 4 nitrogen and oxygen atoms in total. The van der Waals surface area contributed by atoms with Crippen molar-refractivity contribution in [2.45, 2.75) is 25.4 Å². The summed E-state index contributed by atoms with van der Waals surface area (Å²) in [5, 5.41) is 22.1. The Balaban J connectivity index is 1.61. The number of aliphatic hydroxyl groups is 1. The van der Waals surface area contributed by atoms with Crippen molar-refractivity contribution in [2.75, 3.05) is 32.7 Å². The van der Waals surface area contributed by atoms with Crippen LogP contribution in [0, 0.1) is 11.3 Å². The summed E-state index contributed by atoms with van der Waals surface area (Å²) in [5.41, 5.74) is 1.48. The maximum Gasteiger partial charge on any atom is 0.0991 e. The maximum absolute atomic E-state index is 10.0. The molecule has 0 aliphatic carbocycles. The molecule has 1 heterocycles.